The molecule has 1 aromatic rings. The zero-order chi connectivity index (χ0) is 19.5. The number of sulfonamides is 1. The fraction of sp³-hybridized carbons (Fsp3) is 0.632. The highest BCUT2D eigenvalue weighted by atomic mass is 32.2. The van der Waals surface area contributed by atoms with Gasteiger partial charge in [-0.2, -0.15) is 0 Å². The summed E-state index contributed by atoms with van der Waals surface area (Å²) in [5.74, 6) is -0.292. The third kappa shape index (κ3) is 7.57. The molecule has 0 bridgehead atoms. The van der Waals surface area contributed by atoms with Crippen LogP contribution >= 0.6 is 0 Å². The highest BCUT2D eigenvalue weighted by Gasteiger charge is 2.21. The molecule has 152 valence electrons. The molecule has 7 nitrogen and oxygen atoms in total. The summed E-state index contributed by atoms with van der Waals surface area (Å²) in [6, 6.07) is 6.05. The Balaban J connectivity index is 1.81. The molecular formula is C19H30N2O5S. The van der Waals surface area contributed by atoms with Crippen LogP contribution in [0.4, 0.5) is 0 Å². The van der Waals surface area contributed by atoms with Crippen LogP contribution in [0.1, 0.15) is 49.4 Å². The van der Waals surface area contributed by atoms with E-state index in [9.17, 15) is 13.2 Å². The molecule has 0 spiro atoms. The lowest BCUT2D eigenvalue weighted by molar-refractivity contribution is 0.0940. The Hall–Kier alpha value is -1.48. The van der Waals surface area contributed by atoms with Crippen molar-refractivity contribution in [2.75, 3.05) is 32.9 Å². The third-order valence-electron chi connectivity index (χ3n) is 4.32. The van der Waals surface area contributed by atoms with Gasteiger partial charge in [0.1, 0.15) is 0 Å². The van der Waals surface area contributed by atoms with Gasteiger partial charge in [-0.15, -0.1) is 0 Å². The number of hydrogen-bond donors (Lipinski definition) is 2. The van der Waals surface area contributed by atoms with E-state index in [1.165, 1.54) is 12.1 Å². The lowest BCUT2D eigenvalue weighted by Crippen LogP contribution is -2.32. The Kier molecular flexibility index (Phi) is 9.20. The number of rotatable bonds is 12. The molecule has 1 fully saturated rings. The van der Waals surface area contributed by atoms with Gasteiger partial charge in [-0.05, 0) is 43.9 Å². The van der Waals surface area contributed by atoms with Crippen molar-refractivity contribution in [3.8, 4) is 0 Å². The number of ether oxygens (including phenoxy) is 2. The molecule has 1 aliphatic rings. The summed E-state index contributed by atoms with van der Waals surface area (Å²) in [5, 5.41) is 2.79. The topological polar surface area (TPSA) is 93.7 Å². The lowest BCUT2D eigenvalue weighted by Gasteiger charge is -2.12. The van der Waals surface area contributed by atoms with Crippen molar-refractivity contribution in [3.05, 3.63) is 29.8 Å². The Morgan fingerprint density at radius 3 is 2.85 bits per heavy atom. The number of hydrogen-bond acceptors (Lipinski definition) is 5. The summed E-state index contributed by atoms with van der Waals surface area (Å²) in [6.45, 7) is 4.85. The maximum Gasteiger partial charge on any atom is 0.251 e. The molecule has 1 saturated heterocycles. The van der Waals surface area contributed by atoms with E-state index in [1.54, 1.807) is 12.1 Å². The van der Waals surface area contributed by atoms with E-state index in [-0.39, 0.29) is 23.5 Å². The molecule has 27 heavy (non-hydrogen) atoms. The molecular weight excluding hydrogens is 368 g/mol. The quantitative estimate of drug-likeness (QED) is 0.526. The first-order valence-electron chi connectivity index (χ1n) is 9.60. The maximum absolute atomic E-state index is 12.4. The second-order valence-electron chi connectivity index (χ2n) is 6.59. The van der Waals surface area contributed by atoms with Gasteiger partial charge in [0.2, 0.25) is 10.0 Å². The van der Waals surface area contributed by atoms with Crippen molar-refractivity contribution < 1.29 is 22.7 Å². The minimum absolute atomic E-state index is 0.0780. The molecule has 1 aromatic carbocycles. The van der Waals surface area contributed by atoms with E-state index in [1.807, 2.05) is 0 Å². The normalized spacial score (nSPS) is 17.1. The summed E-state index contributed by atoms with van der Waals surface area (Å²) in [4.78, 5) is 12.3. The number of carbonyl (C=O) groups excluding carboxylic acids is 1. The SMILES string of the molecule is CCCCOCCCNC(=O)c1cccc(S(=O)(=O)NCC2CCCO2)c1. The van der Waals surface area contributed by atoms with Crippen LogP contribution in [0.2, 0.25) is 0 Å². The first kappa shape index (κ1) is 21.8. The van der Waals surface area contributed by atoms with Crippen LogP contribution < -0.4 is 10.0 Å². The van der Waals surface area contributed by atoms with Crippen molar-refractivity contribution in [1.82, 2.24) is 10.0 Å². The van der Waals surface area contributed by atoms with Crippen molar-refractivity contribution in [2.24, 2.45) is 0 Å². The smallest absolute Gasteiger partial charge is 0.251 e. The first-order valence-corrected chi connectivity index (χ1v) is 11.1. The molecule has 0 radical (unpaired) electrons. The van der Waals surface area contributed by atoms with Crippen LogP contribution in [0.25, 0.3) is 0 Å². The van der Waals surface area contributed by atoms with Gasteiger partial charge in [0, 0.05) is 38.5 Å². The number of benzene rings is 1. The molecule has 2 N–H and O–H groups in total. The molecule has 1 heterocycles. The van der Waals surface area contributed by atoms with Crippen LogP contribution in [0.5, 0.6) is 0 Å². The fourth-order valence-corrected chi connectivity index (χ4v) is 3.83. The zero-order valence-electron chi connectivity index (χ0n) is 15.9. The minimum Gasteiger partial charge on any atom is -0.381 e. The maximum atomic E-state index is 12.4. The number of carbonyl (C=O) groups is 1. The van der Waals surface area contributed by atoms with Gasteiger partial charge < -0.3 is 14.8 Å². The van der Waals surface area contributed by atoms with Crippen LogP contribution in [0.3, 0.4) is 0 Å². The van der Waals surface area contributed by atoms with Crippen molar-refractivity contribution in [3.63, 3.8) is 0 Å². The summed E-state index contributed by atoms with van der Waals surface area (Å²) in [5.41, 5.74) is 0.321. The third-order valence-corrected chi connectivity index (χ3v) is 5.75. The van der Waals surface area contributed by atoms with Crippen molar-refractivity contribution >= 4 is 15.9 Å². The summed E-state index contributed by atoms with van der Waals surface area (Å²) in [6.07, 6.45) is 4.58. The minimum atomic E-state index is -3.67. The van der Waals surface area contributed by atoms with E-state index in [2.05, 4.69) is 17.0 Å². The first-order chi connectivity index (χ1) is 13.0. The highest BCUT2D eigenvalue weighted by Crippen LogP contribution is 2.14. The Bertz CT molecular complexity index is 687. The standard InChI is InChI=1S/C19H30N2O5S/c1-2-3-11-25-12-6-10-20-19(22)16-7-4-9-18(14-16)27(23,24)21-15-17-8-5-13-26-17/h4,7,9,14,17,21H,2-3,5-6,8,10-13,15H2,1H3,(H,20,22). The summed E-state index contributed by atoms with van der Waals surface area (Å²) >= 11 is 0. The molecule has 1 unspecified atom stereocenters. The molecule has 1 atom stereocenters. The highest BCUT2D eigenvalue weighted by molar-refractivity contribution is 7.89. The van der Waals surface area contributed by atoms with Gasteiger partial charge in [-0.25, -0.2) is 13.1 Å². The van der Waals surface area contributed by atoms with Gasteiger partial charge in [0.15, 0.2) is 0 Å². The zero-order valence-corrected chi connectivity index (χ0v) is 16.7. The Morgan fingerprint density at radius 1 is 1.30 bits per heavy atom. The van der Waals surface area contributed by atoms with E-state index in [0.29, 0.717) is 25.3 Å². The molecule has 1 aliphatic heterocycles. The second-order valence-corrected chi connectivity index (χ2v) is 8.36. The molecule has 0 saturated carbocycles. The lowest BCUT2D eigenvalue weighted by atomic mass is 10.2. The fourth-order valence-electron chi connectivity index (χ4n) is 2.72. The average Bonchev–Trinajstić information content (AvgIpc) is 3.19. The van der Waals surface area contributed by atoms with Crippen LogP contribution in [-0.4, -0.2) is 53.3 Å². The average molecular weight is 399 g/mol. The number of unbranched alkanes of at least 4 members (excludes halogenated alkanes) is 1. The number of nitrogens with one attached hydrogen (secondary N) is 2. The van der Waals surface area contributed by atoms with Gasteiger partial charge >= 0.3 is 0 Å². The van der Waals surface area contributed by atoms with Crippen LogP contribution in [0.15, 0.2) is 29.2 Å². The van der Waals surface area contributed by atoms with E-state index in [0.717, 1.165) is 38.7 Å². The molecule has 8 heteroatoms. The molecule has 2 rings (SSSR count). The van der Waals surface area contributed by atoms with E-state index < -0.39 is 10.0 Å². The predicted octanol–water partition coefficient (Wildman–Crippen LogP) is 2.08. The summed E-state index contributed by atoms with van der Waals surface area (Å²) in [7, 11) is -3.67. The largest absolute Gasteiger partial charge is 0.381 e. The molecule has 1 amide bonds. The Labute approximate surface area is 161 Å². The summed E-state index contributed by atoms with van der Waals surface area (Å²) < 4.78 is 38.3. The van der Waals surface area contributed by atoms with Crippen molar-refractivity contribution in [1.29, 1.82) is 0 Å². The monoisotopic (exact) mass is 398 g/mol. The van der Waals surface area contributed by atoms with Crippen LogP contribution in [0, 0.1) is 0 Å². The van der Waals surface area contributed by atoms with Crippen LogP contribution in [-0.2, 0) is 19.5 Å². The van der Waals surface area contributed by atoms with E-state index in [4.69, 9.17) is 9.47 Å². The van der Waals surface area contributed by atoms with Gasteiger partial charge in [-0.3, -0.25) is 4.79 Å². The van der Waals surface area contributed by atoms with Crippen molar-refractivity contribution in [2.45, 2.75) is 50.0 Å². The number of amides is 1. The predicted molar refractivity (Wildman–Crippen MR) is 103 cm³/mol. The van der Waals surface area contributed by atoms with E-state index >= 15 is 0 Å². The molecule has 0 aromatic heterocycles. The molecule has 0 aliphatic carbocycles. The second kappa shape index (κ2) is 11.4. The van der Waals surface area contributed by atoms with Gasteiger partial charge in [0.05, 0.1) is 11.0 Å². The van der Waals surface area contributed by atoms with Gasteiger partial charge in [-0.1, -0.05) is 19.4 Å². The van der Waals surface area contributed by atoms with Gasteiger partial charge in [0.25, 0.3) is 5.91 Å². The Morgan fingerprint density at radius 2 is 2.11 bits per heavy atom.